The lowest BCUT2D eigenvalue weighted by Gasteiger charge is -2.06. The zero-order valence-electron chi connectivity index (χ0n) is 9.66. The predicted molar refractivity (Wildman–Crippen MR) is 66.6 cm³/mol. The van der Waals surface area contributed by atoms with E-state index in [1.807, 2.05) is 6.92 Å². The van der Waals surface area contributed by atoms with Gasteiger partial charge in [-0.05, 0) is 24.6 Å². The third-order valence-corrected chi connectivity index (χ3v) is 2.29. The molecule has 0 spiro atoms. The van der Waals surface area contributed by atoms with Crippen LogP contribution in [0.3, 0.4) is 0 Å². The number of nitrogens with two attached hydrogens (primary N) is 1. The Bertz CT molecular complexity index is 599. The van der Waals surface area contributed by atoms with Crippen LogP contribution in [0.4, 0.5) is 11.4 Å². The van der Waals surface area contributed by atoms with Gasteiger partial charge in [0, 0.05) is 24.0 Å². The fourth-order valence-electron chi connectivity index (χ4n) is 1.45. The summed E-state index contributed by atoms with van der Waals surface area (Å²) in [6, 6.07) is 7.75. The number of aryl methyl sites for hydroxylation is 1. The largest absolute Gasteiger partial charge is 0.432 e. The molecule has 2 rings (SSSR count). The Labute approximate surface area is 103 Å². The second-order valence-corrected chi connectivity index (χ2v) is 3.76. The molecule has 18 heavy (non-hydrogen) atoms. The molecule has 0 bridgehead atoms. The van der Waals surface area contributed by atoms with Crippen LogP contribution in [0.15, 0.2) is 36.5 Å². The average Bonchev–Trinajstić information content (AvgIpc) is 2.28. The molecule has 0 aliphatic rings. The number of nitro groups is 1. The first-order valence-electron chi connectivity index (χ1n) is 5.20. The topological polar surface area (TPSA) is 91.3 Å². The Balaban J connectivity index is 2.39. The summed E-state index contributed by atoms with van der Waals surface area (Å²) in [7, 11) is 0. The second kappa shape index (κ2) is 4.70. The third-order valence-electron chi connectivity index (χ3n) is 2.29. The number of aromatic nitrogens is 1. The van der Waals surface area contributed by atoms with Gasteiger partial charge in [-0.25, -0.2) is 4.98 Å². The summed E-state index contributed by atoms with van der Waals surface area (Å²) in [5.41, 5.74) is 6.82. The zero-order chi connectivity index (χ0) is 13.1. The Kier molecular flexibility index (Phi) is 3.09. The first-order valence-corrected chi connectivity index (χ1v) is 5.20. The van der Waals surface area contributed by atoms with Gasteiger partial charge in [0.25, 0.3) is 0 Å². The maximum Gasteiger partial charge on any atom is 0.311 e. The van der Waals surface area contributed by atoms with Crippen molar-refractivity contribution < 1.29 is 9.66 Å². The maximum atomic E-state index is 10.9. The Morgan fingerprint density at radius 2 is 2.11 bits per heavy atom. The minimum absolute atomic E-state index is 0.107. The van der Waals surface area contributed by atoms with Gasteiger partial charge in [0.05, 0.1) is 4.92 Å². The van der Waals surface area contributed by atoms with Crippen LogP contribution in [-0.2, 0) is 0 Å². The Morgan fingerprint density at radius 1 is 1.33 bits per heavy atom. The smallest absolute Gasteiger partial charge is 0.311 e. The van der Waals surface area contributed by atoms with E-state index in [2.05, 4.69) is 4.98 Å². The molecule has 6 nitrogen and oxygen atoms in total. The highest BCUT2D eigenvalue weighted by atomic mass is 16.6. The number of rotatable bonds is 3. The van der Waals surface area contributed by atoms with Crippen LogP contribution < -0.4 is 10.5 Å². The van der Waals surface area contributed by atoms with Gasteiger partial charge in [-0.3, -0.25) is 10.1 Å². The van der Waals surface area contributed by atoms with Gasteiger partial charge in [-0.2, -0.15) is 0 Å². The first-order chi connectivity index (χ1) is 8.56. The van der Waals surface area contributed by atoms with Gasteiger partial charge in [0.15, 0.2) is 0 Å². The average molecular weight is 245 g/mol. The van der Waals surface area contributed by atoms with Gasteiger partial charge in [-0.15, -0.1) is 0 Å². The lowest BCUT2D eigenvalue weighted by molar-refractivity contribution is -0.385. The lowest BCUT2D eigenvalue weighted by atomic mass is 10.2. The molecule has 0 fully saturated rings. The van der Waals surface area contributed by atoms with Crippen molar-refractivity contribution in [3.63, 3.8) is 0 Å². The summed E-state index contributed by atoms with van der Waals surface area (Å²) >= 11 is 0. The number of pyridine rings is 1. The first kappa shape index (κ1) is 11.8. The summed E-state index contributed by atoms with van der Waals surface area (Å²) in [4.78, 5) is 14.3. The molecule has 1 aromatic carbocycles. The van der Waals surface area contributed by atoms with Crippen molar-refractivity contribution >= 4 is 11.4 Å². The standard InChI is InChI=1S/C12H11N3O3/c1-8-2-3-10(15(16)17)11(6-8)18-12-7-9(13)4-5-14-12/h2-7H,1H3,(H2,13,14). The van der Waals surface area contributed by atoms with Gasteiger partial charge >= 0.3 is 5.69 Å². The van der Waals surface area contributed by atoms with Crippen LogP contribution in [-0.4, -0.2) is 9.91 Å². The molecule has 92 valence electrons. The molecule has 0 saturated heterocycles. The van der Waals surface area contributed by atoms with Crippen LogP contribution in [0.25, 0.3) is 0 Å². The van der Waals surface area contributed by atoms with Gasteiger partial charge in [-0.1, -0.05) is 6.07 Å². The number of nitro benzene ring substituents is 1. The molecule has 0 aliphatic carbocycles. The Hall–Kier alpha value is -2.63. The number of benzene rings is 1. The van der Waals surface area contributed by atoms with Crippen molar-refractivity contribution in [2.45, 2.75) is 6.92 Å². The predicted octanol–water partition coefficient (Wildman–Crippen LogP) is 2.67. The summed E-state index contributed by atoms with van der Waals surface area (Å²) in [5, 5.41) is 10.9. The highest BCUT2D eigenvalue weighted by Crippen LogP contribution is 2.31. The van der Waals surface area contributed by atoms with Crippen LogP contribution in [0, 0.1) is 17.0 Å². The van der Waals surface area contributed by atoms with E-state index in [1.54, 1.807) is 18.2 Å². The number of hydrogen-bond donors (Lipinski definition) is 1. The molecule has 0 amide bonds. The summed E-state index contributed by atoms with van der Waals surface area (Å²) in [5.74, 6) is 0.377. The highest BCUT2D eigenvalue weighted by molar-refractivity contribution is 5.50. The van der Waals surface area contributed by atoms with Crippen molar-refractivity contribution in [2.75, 3.05) is 5.73 Å². The highest BCUT2D eigenvalue weighted by Gasteiger charge is 2.16. The van der Waals surface area contributed by atoms with Crippen LogP contribution in [0.1, 0.15) is 5.56 Å². The van der Waals surface area contributed by atoms with E-state index in [0.29, 0.717) is 5.69 Å². The number of nitrogen functional groups attached to an aromatic ring is 1. The van der Waals surface area contributed by atoms with E-state index in [0.717, 1.165) is 5.56 Å². The molecule has 0 saturated carbocycles. The van der Waals surface area contributed by atoms with E-state index < -0.39 is 4.92 Å². The van der Waals surface area contributed by atoms with Crippen LogP contribution >= 0.6 is 0 Å². The van der Waals surface area contributed by atoms with Gasteiger partial charge < -0.3 is 10.5 Å². The lowest BCUT2D eigenvalue weighted by Crippen LogP contribution is -1.96. The minimum Gasteiger partial charge on any atom is -0.432 e. The Morgan fingerprint density at radius 3 is 2.78 bits per heavy atom. The molecule has 0 atom stereocenters. The van der Waals surface area contributed by atoms with Crippen molar-refractivity contribution in [1.82, 2.24) is 4.98 Å². The molecule has 0 aliphatic heterocycles. The number of anilines is 1. The summed E-state index contributed by atoms with van der Waals surface area (Å²) in [6.45, 7) is 1.82. The normalized spacial score (nSPS) is 10.1. The van der Waals surface area contributed by atoms with Gasteiger partial charge in [0.1, 0.15) is 0 Å². The molecule has 1 heterocycles. The van der Waals surface area contributed by atoms with Crippen LogP contribution in [0.2, 0.25) is 0 Å². The second-order valence-electron chi connectivity index (χ2n) is 3.76. The van der Waals surface area contributed by atoms with Crippen molar-refractivity contribution in [3.05, 3.63) is 52.2 Å². The molecule has 2 N–H and O–H groups in total. The van der Waals surface area contributed by atoms with Crippen molar-refractivity contribution in [3.8, 4) is 11.6 Å². The van der Waals surface area contributed by atoms with Crippen molar-refractivity contribution in [2.24, 2.45) is 0 Å². The quantitative estimate of drug-likeness (QED) is 0.663. The number of nitrogens with zero attached hydrogens (tertiary/aromatic N) is 2. The van der Waals surface area contributed by atoms with E-state index in [1.165, 1.54) is 18.3 Å². The van der Waals surface area contributed by atoms with E-state index >= 15 is 0 Å². The van der Waals surface area contributed by atoms with Gasteiger partial charge in [0.2, 0.25) is 11.6 Å². The summed E-state index contributed by atoms with van der Waals surface area (Å²) < 4.78 is 5.40. The number of hydrogen-bond acceptors (Lipinski definition) is 5. The number of ether oxygens (including phenoxy) is 1. The van der Waals surface area contributed by atoms with Crippen molar-refractivity contribution in [1.29, 1.82) is 0 Å². The molecule has 6 heteroatoms. The molecule has 2 aromatic rings. The van der Waals surface area contributed by atoms with E-state index in [9.17, 15) is 10.1 Å². The molecular formula is C12H11N3O3. The zero-order valence-corrected chi connectivity index (χ0v) is 9.66. The SMILES string of the molecule is Cc1ccc([N+](=O)[O-])c(Oc2cc(N)ccn2)c1. The summed E-state index contributed by atoms with van der Waals surface area (Å²) in [6.07, 6.45) is 1.48. The van der Waals surface area contributed by atoms with Crippen LogP contribution in [0.5, 0.6) is 11.6 Å². The minimum atomic E-state index is -0.499. The molecule has 0 unspecified atom stereocenters. The van der Waals surface area contributed by atoms with E-state index in [4.69, 9.17) is 10.5 Å². The molecule has 0 radical (unpaired) electrons. The fraction of sp³-hybridized carbons (Fsp3) is 0.0833. The molecule has 1 aromatic heterocycles. The molecular weight excluding hydrogens is 234 g/mol. The maximum absolute atomic E-state index is 10.9. The van der Waals surface area contributed by atoms with E-state index in [-0.39, 0.29) is 17.3 Å². The third kappa shape index (κ3) is 2.54. The fourth-order valence-corrected chi connectivity index (χ4v) is 1.45. The monoisotopic (exact) mass is 245 g/mol.